The molecule has 0 amide bonds. The first-order valence-corrected chi connectivity index (χ1v) is 5.63. The van der Waals surface area contributed by atoms with E-state index in [1.807, 2.05) is 37.3 Å². The number of hydrogen-bond donors (Lipinski definition) is 1. The fourth-order valence-electron chi connectivity index (χ4n) is 1.38. The van der Waals surface area contributed by atoms with Gasteiger partial charge in [0.15, 0.2) is 0 Å². The molecule has 1 rings (SSSR count). The molecule has 88 valence electrons. The molecule has 1 aromatic rings. The van der Waals surface area contributed by atoms with Crippen LogP contribution in [0.1, 0.15) is 31.7 Å². The number of benzene rings is 1. The van der Waals surface area contributed by atoms with Crippen LogP contribution in [-0.4, -0.2) is 12.0 Å². The smallest absolute Gasteiger partial charge is 0.306 e. The Morgan fingerprint density at radius 1 is 1.38 bits per heavy atom. The van der Waals surface area contributed by atoms with Gasteiger partial charge in [-0.05, 0) is 25.3 Å². The van der Waals surface area contributed by atoms with Crippen molar-refractivity contribution < 1.29 is 9.53 Å². The van der Waals surface area contributed by atoms with Crippen LogP contribution in [-0.2, 0) is 16.1 Å². The van der Waals surface area contributed by atoms with E-state index in [9.17, 15) is 4.79 Å². The molecular weight excluding hydrogens is 202 g/mol. The largest absolute Gasteiger partial charge is 0.461 e. The Morgan fingerprint density at radius 2 is 2.06 bits per heavy atom. The maximum Gasteiger partial charge on any atom is 0.306 e. The Kier molecular flexibility index (Phi) is 5.57. The maximum absolute atomic E-state index is 11.3. The molecule has 0 radical (unpaired) electrons. The molecule has 0 saturated carbocycles. The molecule has 0 bridgehead atoms. The van der Waals surface area contributed by atoms with E-state index in [0.717, 1.165) is 18.4 Å². The average molecular weight is 221 g/mol. The van der Waals surface area contributed by atoms with E-state index in [0.29, 0.717) is 13.0 Å². The van der Waals surface area contributed by atoms with Gasteiger partial charge >= 0.3 is 5.97 Å². The number of carbonyl (C=O) groups is 1. The molecule has 0 aliphatic heterocycles. The second-order valence-corrected chi connectivity index (χ2v) is 4.02. The Balaban J connectivity index is 2.16. The molecule has 0 saturated heterocycles. The molecular formula is C13H19NO2. The van der Waals surface area contributed by atoms with Crippen LogP contribution in [0.4, 0.5) is 0 Å². The standard InChI is InChI=1S/C13H19NO2/c1-11(14)6-5-9-13(15)16-10-12-7-3-2-4-8-12/h2-4,7-8,11H,5-6,9-10,14H2,1H3. The number of carbonyl (C=O) groups excluding carboxylic acids is 1. The zero-order valence-corrected chi connectivity index (χ0v) is 9.69. The summed E-state index contributed by atoms with van der Waals surface area (Å²) >= 11 is 0. The van der Waals surface area contributed by atoms with Gasteiger partial charge in [-0.15, -0.1) is 0 Å². The lowest BCUT2D eigenvalue weighted by molar-refractivity contribution is -0.145. The van der Waals surface area contributed by atoms with Gasteiger partial charge in [0, 0.05) is 12.5 Å². The molecule has 1 unspecified atom stereocenters. The van der Waals surface area contributed by atoms with Crippen molar-refractivity contribution in [3.8, 4) is 0 Å². The van der Waals surface area contributed by atoms with Crippen molar-refractivity contribution in [2.45, 2.75) is 38.8 Å². The fourth-order valence-corrected chi connectivity index (χ4v) is 1.38. The SMILES string of the molecule is CC(N)CCCC(=O)OCc1ccccc1. The Labute approximate surface area is 96.6 Å². The van der Waals surface area contributed by atoms with Crippen molar-refractivity contribution in [1.29, 1.82) is 0 Å². The molecule has 16 heavy (non-hydrogen) atoms. The Hall–Kier alpha value is -1.35. The number of hydrogen-bond acceptors (Lipinski definition) is 3. The molecule has 1 aromatic carbocycles. The van der Waals surface area contributed by atoms with Crippen LogP contribution in [0, 0.1) is 0 Å². The summed E-state index contributed by atoms with van der Waals surface area (Å²) in [6.07, 6.45) is 2.11. The van der Waals surface area contributed by atoms with Crippen molar-refractivity contribution in [2.24, 2.45) is 5.73 Å². The quantitative estimate of drug-likeness (QED) is 0.749. The van der Waals surface area contributed by atoms with Crippen LogP contribution >= 0.6 is 0 Å². The lowest BCUT2D eigenvalue weighted by Gasteiger charge is -2.06. The monoisotopic (exact) mass is 221 g/mol. The molecule has 0 spiro atoms. The number of ether oxygens (including phenoxy) is 1. The summed E-state index contributed by atoms with van der Waals surface area (Å²) in [6.45, 7) is 2.30. The van der Waals surface area contributed by atoms with Crippen molar-refractivity contribution in [2.75, 3.05) is 0 Å². The normalized spacial score (nSPS) is 12.1. The summed E-state index contributed by atoms with van der Waals surface area (Å²) in [5.41, 5.74) is 6.61. The first-order valence-electron chi connectivity index (χ1n) is 5.63. The highest BCUT2D eigenvalue weighted by Crippen LogP contribution is 2.04. The van der Waals surface area contributed by atoms with E-state index >= 15 is 0 Å². The van der Waals surface area contributed by atoms with E-state index in [-0.39, 0.29) is 12.0 Å². The zero-order valence-electron chi connectivity index (χ0n) is 9.69. The molecule has 0 fully saturated rings. The van der Waals surface area contributed by atoms with Gasteiger partial charge in [0.25, 0.3) is 0 Å². The summed E-state index contributed by atoms with van der Waals surface area (Å²) < 4.78 is 5.13. The first kappa shape index (κ1) is 12.7. The number of nitrogens with two attached hydrogens (primary N) is 1. The van der Waals surface area contributed by atoms with E-state index in [4.69, 9.17) is 10.5 Å². The topological polar surface area (TPSA) is 52.3 Å². The third-order valence-corrected chi connectivity index (χ3v) is 2.28. The highest BCUT2D eigenvalue weighted by Gasteiger charge is 2.04. The molecule has 3 heteroatoms. The Morgan fingerprint density at radius 3 is 2.69 bits per heavy atom. The summed E-state index contributed by atoms with van der Waals surface area (Å²) in [6, 6.07) is 9.83. The average Bonchev–Trinajstić information content (AvgIpc) is 2.27. The van der Waals surface area contributed by atoms with Crippen LogP contribution in [0.5, 0.6) is 0 Å². The molecule has 2 N–H and O–H groups in total. The second-order valence-electron chi connectivity index (χ2n) is 4.02. The predicted molar refractivity (Wildman–Crippen MR) is 63.7 cm³/mol. The van der Waals surface area contributed by atoms with Gasteiger partial charge in [-0.2, -0.15) is 0 Å². The second kappa shape index (κ2) is 7.01. The molecule has 1 atom stereocenters. The van der Waals surface area contributed by atoms with E-state index < -0.39 is 0 Å². The van der Waals surface area contributed by atoms with Crippen molar-refractivity contribution in [3.05, 3.63) is 35.9 Å². The summed E-state index contributed by atoms with van der Waals surface area (Å²) in [5.74, 6) is -0.149. The minimum Gasteiger partial charge on any atom is -0.461 e. The highest BCUT2D eigenvalue weighted by atomic mass is 16.5. The third-order valence-electron chi connectivity index (χ3n) is 2.28. The van der Waals surface area contributed by atoms with Gasteiger partial charge in [-0.1, -0.05) is 30.3 Å². The van der Waals surface area contributed by atoms with Crippen molar-refractivity contribution >= 4 is 5.97 Å². The number of rotatable bonds is 6. The van der Waals surface area contributed by atoms with E-state index in [1.165, 1.54) is 0 Å². The lowest BCUT2D eigenvalue weighted by atomic mass is 10.1. The molecule has 3 nitrogen and oxygen atoms in total. The maximum atomic E-state index is 11.3. The lowest BCUT2D eigenvalue weighted by Crippen LogP contribution is -2.15. The minimum absolute atomic E-state index is 0.149. The summed E-state index contributed by atoms with van der Waals surface area (Å²) in [7, 11) is 0. The minimum atomic E-state index is -0.149. The molecule has 0 aromatic heterocycles. The van der Waals surface area contributed by atoms with Gasteiger partial charge in [-0.25, -0.2) is 0 Å². The van der Waals surface area contributed by atoms with E-state index in [1.54, 1.807) is 0 Å². The summed E-state index contributed by atoms with van der Waals surface area (Å²) in [4.78, 5) is 11.3. The predicted octanol–water partition coefficient (Wildman–Crippen LogP) is 2.25. The molecule has 0 aliphatic carbocycles. The van der Waals surface area contributed by atoms with Crippen LogP contribution in [0.25, 0.3) is 0 Å². The number of esters is 1. The Bertz CT molecular complexity index is 309. The highest BCUT2D eigenvalue weighted by molar-refractivity contribution is 5.69. The zero-order chi connectivity index (χ0) is 11.8. The van der Waals surface area contributed by atoms with Crippen LogP contribution in [0.3, 0.4) is 0 Å². The van der Waals surface area contributed by atoms with E-state index in [2.05, 4.69) is 0 Å². The van der Waals surface area contributed by atoms with Crippen LogP contribution in [0.2, 0.25) is 0 Å². The van der Waals surface area contributed by atoms with Crippen molar-refractivity contribution in [3.63, 3.8) is 0 Å². The van der Waals surface area contributed by atoms with Gasteiger partial charge in [0.05, 0.1) is 0 Å². The van der Waals surface area contributed by atoms with Gasteiger partial charge < -0.3 is 10.5 Å². The van der Waals surface area contributed by atoms with Gasteiger partial charge in [0.1, 0.15) is 6.61 Å². The van der Waals surface area contributed by atoms with Crippen LogP contribution < -0.4 is 5.73 Å². The van der Waals surface area contributed by atoms with Crippen molar-refractivity contribution in [1.82, 2.24) is 0 Å². The fraction of sp³-hybridized carbons (Fsp3) is 0.462. The molecule has 0 aliphatic rings. The summed E-state index contributed by atoms with van der Waals surface area (Å²) in [5, 5.41) is 0. The molecule has 0 heterocycles. The van der Waals surface area contributed by atoms with Gasteiger partial charge in [-0.3, -0.25) is 4.79 Å². The van der Waals surface area contributed by atoms with Gasteiger partial charge in [0.2, 0.25) is 0 Å². The third kappa shape index (κ3) is 5.51. The first-order chi connectivity index (χ1) is 7.68. The van der Waals surface area contributed by atoms with Crippen LogP contribution in [0.15, 0.2) is 30.3 Å².